The van der Waals surface area contributed by atoms with Crippen molar-refractivity contribution >= 4 is 0 Å². The summed E-state index contributed by atoms with van der Waals surface area (Å²) in [4.78, 5) is 2.28. The molecule has 0 aromatic rings. The van der Waals surface area contributed by atoms with Crippen LogP contribution in [0.1, 0.15) is 19.3 Å². The zero-order valence-corrected chi connectivity index (χ0v) is 6.79. The van der Waals surface area contributed by atoms with Gasteiger partial charge in [0.05, 0.1) is 6.10 Å². The molecule has 3 heteroatoms. The van der Waals surface area contributed by atoms with Crippen LogP contribution >= 0.6 is 0 Å². The number of rotatable bonds is 3. The van der Waals surface area contributed by atoms with Crippen molar-refractivity contribution in [3.05, 3.63) is 0 Å². The third-order valence-electron chi connectivity index (χ3n) is 2.43. The standard InChI is InChI=1S/C8H16N2O/c11-8-3-4-10(5-8)6-9-7-1-2-7/h7-9,11H,1-6H2. The van der Waals surface area contributed by atoms with Crippen molar-refractivity contribution in [1.29, 1.82) is 0 Å². The first-order chi connectivity index (χ1) is 5.34. The highest BCUT2D eigenvalue weighted by Gasteiger charge is 2.24. The van der Waals surface area contributed by atoms with Gasteiger partial charge in [-0.25, -0.2) is 0 Å². The summed E-state index contributed by atoms with van der Waals surface area (Å²) in [6.07, 6.45) is 3.56. The SMILES string of the molecule is OC1CCN(CNC2CC2)C1. The Balaban J connectivity index is 1.62. The number of hydrogen-bond acceptors (Lipinski definition) is 3. The Bertz CT molecular complexity index is 136. The van der Waals surface area contributed by atoms with Crippen molar-refractivity contribution < 1.29 is 5.11 Å². The van der Waals surface area contributed by atoms with Crippen molar-refractivity contribution in [2.75, 3.05) is 19.8 Å². The van der Waals surface area contributed by atoms with Gasteiger partial charge in [-0.05, 0) is 19.3 Å². The Morgan fingerprint density at radius 3 is 2.73 bits per heavy atom. The molecule has 1 atom stereocenters. The lowest BCUT2D eigenvalue weighted by Gasteiger charge is -2.14. The molecule has 1 heterocycles. The van der Waals surface area contributed by atoms with Crippen LogP contribution in [-0.2, 0) is 0 Å². The van der Waals surface area contributed by atoms with Crippen LogP contribution in [0, 0.1) is 0 Å². The van der Waals surface area contributed by atoms with Crippen LogP contribution in [0.4, 0.5) is 0 Å². The van der Waals surface area contributed by atoms with Crippen LogP contribution in [0.2, 0.25) is 0 Å². The van der Waals surface area contributed by atoms with Gasteiger partial charge < -0.3 is 10.4 Å². The van der Waals surface area contributed by atoms with Crippen LogP contribution < -0.4 is 5.32 Å². The fourth-order valence-corrected chi connectivity index (χ4v) is 1.50. The molecule has 1 saturated heterocycles. The molecule has 1 unspecified atom stereocenters. The maximum atomic E-state index is 9.21. The zero-order valence-electron chi connectivity index (χ0n) is 6.79. The summed E-state index contributed by atoms with van der Waals surface area (Å²) in [6, 6.07) is 0.785. The van der Waals surface area contributed by atoms with Crippen molar-refractivity contribution in [2.24, 2.45) is 0 Å². The minimum absolute atomic E-state index is 0.0731. The minimum Gasteiger partial charge on any atom is -0.392 e. The highest BCUT2D eigenvalue weighted by Crippen LogP contribution is 2.18. The van der Waals surface area contributed by atoms with Gasteiger partial charge in [0.25, 0.3) is 0 Å². The van der Waals surface area contributed by atoms with Crippen molar-refractivity contribution in [1.82, 2.24) is 10.2 Å². The Morgan fingerprint density at radius 1 is 1.36 bits per heavy atom. The van der Waals surface area contributed by atoms with E-state index in [0.717, 1.165) is 32.2 Å². The van der Waals surface area contributed by atoms with Gasteiger partial charge >= 0.3 is 0 Å². The molecule has 1 aliphatic carbocycles. The van der Waals surface area contributed by atoms with E-state index < -0.39 is 0 Å². The van der Waals surface area contributed by atoms with Gasteiger partial charge in [0.15, 0.2) is 0 Å². The molecule has 0 amide bonds. The van der Waals surface area contributed by atoms with Gasteiger partial charge in [-0.2, -0.15) is 0 Å². The quantitative estimate of drug-likeness (QED) is 0.592. The van der Waals surface area contributed by atoms with E-state index >= 15 is 0 Å². The number of nitrogens with one attached hydrogen (secondary N) is 1. The van der Waals surface area contributed by atoms with Crippen LogP contribution in [0.25, 0.3) is 0 Å². The second kappa shape index (κ2) is 3.09. The van der Waals surface area contributed by atoms with Gasteiger partial charge in [-0.3, -0.25) is 4.90 Å². The molecule has 1 saturated carbocycles. The normalized spacial score (nSPS) is 33.0. The molecule has 64 valence electrons. The highest BCUT2D eigenvalue weighted by atomic mass is 16.3. The van der Waals surface area contributed by atoms with Crippen LogP contribution in [-0.4, -0.2) is 41.9 Å². The second-order valence-corrected chi connectivity index (χ2v) is 3.66. The second-order valence-electron chi connectivity index (χ2n) is 3.66. The first kappa shape index (κ1) is 7.53. The summed E-state index contributed by atoms with van der Waals surface area (Å²) in [6.45, 7) is 2.89. The first-order valence-electron chi connectivity index (χ1n) is 4.48. The van der Waals surface area contributed by atoms with E-state index in [4.69, 9.17) is 0 Å². The van der Waals surface area contributed by atoms with E-state index in [1.54, 1.807) is 0 Å². The lowest BCUT2D eigenvalue weighted by Crippen LogP contribution is -2.34. The molecule has 0 aromatic carbocycles. The summed E-state index contributed by atoms with van der Waals surface area (Å²) < 4.78 is 0. The van der Waals surface area contributed by atoms with E-state index in [2.05, 4.69) is 10.2 Å². The van der Waals surface area contributed by atoms with Gasteiger partial charge in [0.2, 0.25) is 0 Å². The van der Waals surface area contributed by atoms with Gasteiger partial charge in [-0.15, -0.1) is 0 Å². The molecular weight excluding hydrogens is 140 g/mol. The maximum Gasteiger partial charge on any atom is 0.0679 e. The van der Waals surface area contributed by atoms with Crippen LogP contribution in [0.15, 0.2) is 0 Å². The molecule has 3 nitrogen and oxygen atoms in total. The zero-order chi connectivity index (χ0) is 7.68. The summed E-state index contributed by atoms with van der Waals surface area (Å²) in [5, 5.41) is 12.6. The smallest absolute Gasteiger partial charge is 0.0679 e. The monoisotopic (exact) mass is 156 g/mol. The lowest BCUT2D eigenvalue weighted by molar-refractivity contribution is 0.173. The van der Waals surface area contributed by atoms with Gasteiger partial charge in [0.1, 0.15) is 0 Å². The number of aliphatic hydroxyl groups excluding tert-OH is 1. The summed E-state index contributed by atoms with van der Waals surface area (Å²) in [5.74, 6) is 0. The molecule has 2 fully saturated rings. The predicted molar refractivity (Wildman–Crippen MR) is 43.2 cm³/mol. The van der Waals surface area contributed by atoms with E-state index in [9.17, 15) is 5.11 Å². The Labute approximate surface area is 67.4 Å². The molecule has 2 N–H and O–H groups in total. The summed E-state index contributed by atoms with van der Waals surface area (Å²) in [5.41, 5.74) is 0. The highest BCUT2D eigenvalue weighted by molar-refractivity contribution is 4.82. The number of hydrogen-bond donors (Lipinski definition) is 2. The minimum atomic E-state index is -0.0731. The molecule has 0 bridgehead atoms. The van der Waals surface area contributed by atoms with Crippen molar-refractivity contribution in [3.63, 3.8) is 0 Å². The third kappa shape index (κ3) is 2.15. The molecular formula is C8H16N2O. The summed E-state index contributed by atoms with van der Waals surface area (Å²) >= 11 is 0. The number of nitrogens with zero attached hydrogens (tertiary/aromatic N) is 1. The van der Waals surface area contributed by atoms with Crippen molar-refractivity contribution in [2.45, 2.75) is 31.4 Å². The molecule has 2 rings (SSSR count). The molecule has 0 spiro atoms. The number of β-amino-alcohol motifs (C(OH)–C–C–N with tert-alkyl or cyclic N) is 1. The fourth-order valence-electron chi connectivity index (χ4n) is 1.50. The maximum absolute atomic E-state index is 9.21. The predicted octanol–water partition coefficient (Wildman–Crippen LogP) is -0.238. The molecule has 11 heavy (non-hydrogen) atoms. The Kier molecular flexibility index (Phi) is 2.11. The molecule has 2 aliphatic rings. The average Bonchev–Trinajstić information content (AvgIpc) is 2.72. The van der Waals surface area contributed by atoms with E-state index in [1.165, 1.54) is 12.8 Å². The van der Waals surface area contributed by atoms with E-state index in [1.807, 2.05) is 0 Å². The fraction of sp³-hybridized carbons (Fsp3) is 1.00. The molecule has 0 aromatic heterocycles. The van der Waals surface area contributed by atoms with Gasteiger partial charge in [0, 0.05) is 25.8 Å². The largest absolute Gasteiger partial charge is 0.392 e. The Hall–Kier alpha value is -0.120. The number of aliphatic hydroxyl groups is 1. The number of likely N-dealkylation sites (tertiary alicyclic amines) is 1. The molecule has 0 radical (unpaired) electrons. The topological polar surface area (TPSA) is 35.5 Å². The average molecular weight is 156 g/mol. The van der Waals surface area contributed by atoms with Gasteiger partial charge in [-0.1, -0.05) is 0 Å². The van der Waals surface area contributed by atoms with Crippen LogP contribution in [0.3, 0.4) is 0 Å². The summed E-state index contributed by atoms with van der Waals surface area (Å²) in [7, 11) is 0. The van der Waals surface area contributed by atoms with E-state index in [-0.39, 0.29) is 6.10 Å². The molecule has 1 aliphatic heterocycles. The van der Waals surface area contributed by atoms with Crippen LogP contribution in [0.5, 0.6) is 0 Å². The van der Waals surface area contributed by atoms with E-state index in [0.29, 0.717) is 0 Å². The third-order valence-corrected chi connectivity index (χ3v) is 2.43. The first-order valence-corrected chi connectivity index (χ1v) is 4.48. The van der Waals surface area contributed by atoms with Crippen molar-refractivity contribution in [3.8, 4) is 0 Å². The Morgan fingerprint density at radius 2 is 2.18 bits per heavy atom. The lowest BCUT2D eigenvalue weighted by atomic mass is 10.3.